The van der Waals surface area contributed by atoms with Crippen LogP contribution >= 0.6 is 0 Å². The maximum atomic E-state index is 2.55. The minimum Gasteiger partial charge on any atom is -0.308 e. The van der Waals surface area contributed by atoms with E-state index >= 15 is 0 Å². The van der Waals surface area contributed by atoms with E-state index in [0.717, 1.165) is 25.7 Å². The molecule has 0 aliphatic carbocycles. The van der Waals surface area contributed by atoms with E-state index in [2.05, 4.69) is 183 Å². The average molecular weight is 737 g/mol. The summed E-state index contributed by atoms with van der Waals surface area (Å²) in [5.41, 5.74) is 12.5. The molecule has 0 saturated carbocycles. The molecule has 0 aliphatic rings. The van der Waals surface area contributed by atoms with Crippen LogP contribution in [-0.2, 0) is 25.7 Å². The van der Waals surface area contributed by atoms with E-state index in [-0.39, 0.29) is 0 Å². The molecule has 0 aromatic heterocycles. The predicted molar refractivity (Wildman–Crippen MR) is 245 cm³/mol. The molecular weight excluding hydrogens is 677 g/mol. The van der Waals surface area contributed by atoms with Crippen LogP contribution in [0.5, 0.6) is 0 Å². The van der Waals surface area contributed by atoms with Gasteiger partial charge < -0.3 is 9.80 Å². The first kappa shape index (κ1) is 38.9. The highest BCUT2D eigenvalue weighted by Crippen LogP contribution is 2.53. The van der Waals surface area contributed by atoms with Crippen LogP contribution in [0.15, 0.2) is 146 Å². The van der Waals surface area contributed by atoms with Gasteiger partial charge in [0, 0.05) is 33.5 Å². The predicted octanol–water partition coefficient (Wildman–Crippen LogP) is 16.3. The van der Waals surface area contributed by atoms with Gasteiger partial charge in [0.1, 0.15) is 0 Å². The van der Waals surface area contributed by atoms with Crippen molar-refractivity contribution < 1.29 is 0 Å². The summed E-state index contributed by atoms with van der Waals surface area (Å²) in [4.78, 5) is 5.09. The molecule has 0 radical (unpaired) electrons. The molecule has 0 spiro atoms. The number of rotatable bonds is 18. The molecule has 0 saturated heterocycles. The smallest absolute Gasteiger partial charge is 0.0788 e. The Labute approximate surface area is 336 Å². The Kier molecular flexibility index (Phi) is 13.2. The number of hydrogen-bond donors (Lipinski definition) is 0. The van der Waals surface area contributed by atoms with E-state index in [9.17, 15) is 0 Å². The Balaban J connectivity index is 1.52. The molecule has 0 unspecified atom stereocenters. The van der Waals surface area contributed by atoms with Crippen molar-refractivity contribution in [1.29, 1.82) is 0 Å². The van der Waals surface area contributed by atoms with Crippen molar-refractivity contribution in [2.75, 3.05) is 9.80 Å². The first-order valence-corrected chi connectivity index (χ1v) is 21.5. The van der Waals surface area contributed by atoms with Crippen LogP contribution in [0, 0.1) is 0 Å². The highest BCUT2D eigenvalue weighted by atomic mass is 15.2. The van der Waals surface area contributed by atoms with E-state index in [1.807, 2.05) is 0 Å². The summed E-state index contributed by atoms with van der Waals surface area (Å²) in [7, 11) is 0. The topological polar surface area (TPSA) is 6.48 Å². The van der Waals surface area contributed by atoms with Gasteiger partial charge >= 0.3 is 0 Å². The van der Waals surface area contributed by atoms with E-state index in [1.165, 1.54) is 129 Å². The van der Waals surface area contributed by atoms with Gasteiger partial charge in [-0.25, -0.2) is 0 Å². The molecule has 7 aromatic rings. The lowest BCUT2D eigenvalue weighted by molar-refractivity contribution is 0.667. The van der Waals surface area contributed by atoms with Crippen LogP contribution in [-0.4, -0.2) is 0 Å². The molecule has 7 aromatic carbocycles. The number of hydrogen-bond acceptors (Lipinski definition) is 2. The Hall–Kier alpha value is -5.34. The Morgan fingerprint density at radius 2 is 0.714 bits per heavy atom. The second-order valence-corrected chi connectivity index (χ2v) is 15.5. The summed E-state index contributed by atoms with van der Waals surface area (Å²) in [5, 5.41) is 4.98. The SMILES string of the molecule is CCCCCCc1ccc(N(c2ccc(CCCCCC)cc2)c2c(N(c3cccc(CC)c3)c3cccc(CC)c3)c3ccccc3c3ccccc23)cc1. The molecule has 0 aliphatic heterocycles. The molecule has 0 heterocycles. The second-order valence-electron chi connectivity index (χ2n) is 15.5. The Bertz CT molecular complexity index is 2210. The fourth-order valence-corrected chi connectivity index (χ4v) is 8.34. The Morgan fingerprint density at radius 3 is 1.11 bits per heavy atom. The van der Waals surface area contributed by atoms with E-state index in [1.54, 1.807) is 0 Å². The molecule has 56 heavy (non-hydrogen) atoms. The third kappa shape index (κ3) is 8.71. The zero-order chi connectivity index (χ0) is 38.7. The van der Waals surface area contributed by atoms with Crippen LogP contribution in [0.3, 0.4) is 0 Å². The number of nitrogens with zero attached hydrogens (tertiary/aromatic N) is 2. The van der Waals surface area contributed by atoms with Crippen molar-refractivity contribution in [1.82, 2.24) is 0 Å². The monoisotopic (exact) mass is 736 g/mol. The number of fused-ring (bicyclic) bond motifs is 3. The van der Waals surface area contributed by atoms with E-state index < -0.39 is 0 Å². The zero-order valence-electron chi connectivity index (χ0n) is 34.2. The minimum atomic E-state index is 0.976. The Morgan fingerprint density at radius 1 is 0.321 bits per heavy atom. The van der Waals surface area contributed by atoms with Crippen LogP contribution in [0.1, 0.15) is 101 Å². The van der Waals surface area contributed by atoms with Crippen molar-refractivity contribution in [3.8, 4) is 0 Å². The second kappa shape index (κ2) is 19.0. The van der Waals surface area contributed by atoms with Crippen LogP contribution in [0.4, 0.5) is 34.1 Å². The lowest BCUT2D eigenvalue weighted by Gasteiger charge is -2.36. The van der Waals surface area contributed by atoms with E-state index in [4.69, 9.17) is 0 Å². The first-order valence-electron chi connectivity index (χ1n) is 21.5. The molecule has 0 bridgehead atoms. The third-order valence-corrected chi connectivity index (χ3v) is 11.5. The van der Waals surface area contributed by atoms with Gasteiger partial charge in [0.15, 0.2) is 0 Å². The third-order valence-electron chi connectivity index (χ3n) is 11.5. The average Bonchev–Trinajstić information content (AvgIpc) is 3.26. The zero-order valence-corrected chi connectivity index (χ0v) is 34.2. The van der Waals surface area contributed by atoms with Gasteiger partial charge in [-0.2, -0.15) is 0 Å². The van der Waals surface area contributed by atoms with Crippen molar-refractivity contribution in [3.05, 3.63) is 168 Å². The molecule has 0 N–H and O–H groups in total. The fraction of sp³-hybridized carbons (Fsp3) is 0.296. The van der Waals surface area contributed by atoms with Crippen molar-refractivity contribution in [2.24, 2.45) is 0 Å². The van der Waals surface area contributed by atoms with Gasteiger partial charge in [0.2, 0.25) is 0 Å². The molecule has 0 fully saturated rings. The van der Waals surface area contributed by atoms with Gasteiger partial charge in [-0.15, -0.1) is 0 Å². The van der Waals surface area contributed by atoms with Gasteiger partial charge in [0.25, 0.3) is 0 Å². The van der Waals surface area contributed by atoms with Crippen molar-refractivity contribution in [3.63, 3.8) is 0 Å². The summed E-state index contributed by atoms with van der Waals surface area (Å²) in [5.74, 6) is 0. The van der Waals surface area contributed by atoms with Crippen LogP contribution in [0.2, 0.25) is 0 Å². The van der Waals surface area contributed by atoms with Crippen molar-refractivity contribution >= 4 is 55.7 Å². The maximum Gasteiger partial charge on any atom is 0.0788 e. The molecule has 7 rings (SSSR count). The summed E-state index contributed by atoms with van der Waals surface area (Å²) < 4.78 is 0. The summed E-state index contributed by atoms with van der Waals surface area (Å²) in [6, 6.07) is 55.3. The fourth-order valence-electron chi connectivity index (χ4n) is 8.34. The van der Waals surface area contributed by atoms with Crippen LogP contribution in [0.25, 0.3) is 21.5 Å². The first-order chi connectivity index (χ1) is 27.6. The lowest BCUT2D eigenvalue weighted by atomic mass is 9.95. The number of unbranched alkanes of at least 4 members (excludes halogenated alkanes) is 6. The van der Waals surface area contributed by atoms with Gasteiger partial charge in [-0.05, 0) is 120 Å². The lowest BCUT2D eigenvalue weighted by Crippen LogP contribution is -2.18. The van der Waals surface area contributed by atoms with E-state index in [0.29, 0.717) is 0 Å². The normalized spacial score (nSPS) is 11.4. The molecule has 286 valence electrons. The maximum absolute atomic E-state index is 2.55. The number of anilines is 6. The van der Waals surface area contributed by atoms with Gasteiger partial charge in [-0.1, -0.05) is 163 Å². The summed E-state index contributed by atoms with van der Waals surface area (Å²) in [6.45, 7) is 9.08. The quantitative estimate of drug-likeness (QED) is 0.0492. The molecular formula is C54H60N2. The number of benzene rings is 7. The minimum absolute atomic E-state index is 0.976. The standard InChI is InChI=1S/C54H60N2/c1-5-9-11-13-21-43-31-35-45(36-32-43)55(46-37-33-44(34-38-46)22-14-12-10-6-2)53-51-29-17-15-27-49(51)50-28-16-18-30-52(50)54(53)56(47-25-19-23-41(7-3)39-47)48-26-20-24-42(8-4)40-48/h15-20,23-40H,5-14,21-22H2,1-4H3. The molecule has 2 nitrogen and oxygen atoms in total. The highest BCUT2D eigenvalue weighted by molar-refractivity contribution is 6.23. The van der Waals surface area contributed by atoms with Crippen molar-refractivity contribution in [2.45, 2.75) is 105 Å². The molecule has 0 amide bonds. The van der Waals surface area contributed by atoms with Gasteiger partial charge in [-0.3, -0.25) is 0 Å². The highest BCUT2D eigenvalue weighted by Gasteiger charge is 2.28. The molecule has 2 heteroatoms. The van der Waals surface area contributed by atoms with Gasteiger partial charge in [0.05, 0.1) is 11.4 Å². The largest absolute Gasteiger partial charge is 0.308 e. The molecule has 0 atom stereocenters. The number of aryl methyl sites for hydroxylation is 4. The summed E-state index contributed by atoms with van der Waals surface area (Å²) >= 11 is 0. The van der Waals surface area contributed by atoms with Crippen LogP contribution < -0.4 is 9.80 Å². The summed E-state index contributed by atoms with van der Waals surface area (Å²) in [6.07, 6.45) is 14.4.